The summed E-state index contributed by atoms with van der Waals surface area (Å²) in [4.78, 5) is 32.6. The summed E-state index contributed by atoms with van der Waals surface area (Å²) in [6, 6.07) is 3.81. The Hall–Kier alpha value is -2.77. The monoisotopic (exact) mass is 396 g/mol. The third-order valence-electron chi connectivity index (χ3n) is 6.40. The van der Waals surface area contributed by atoms with Gasteiger partial charge in [-0.2, -0.15) is 15.4 Å². The van der Waals surface area contributed by atoms with Crippen LogP contribution in [0.5, 0.6) is 0 Å². The molecule has 0 aliphatic carbocycles. The number of hydrogen-bond acceptors (Lipinski definition) is 5. The van der Waals surface area contributed by atoms with E-state index in [1.165, 1.54) is 6.20 Å². The summed E-state index contributed by atoms with van der Waals surface area (Å²) >= 11 is 0. The van der Waals surface area contributed by atoms with Gasteiger partial charge in [0.25, 0.3) is 5.91 Å². The molecule has 2 bridgehead atoms. The number of pyridine rings is 1. The average molecular weight is 396 g/mol. The zero-order valence-electron chi connectivity index (χ0n) is 17.0. The topological polar surface area (TPSA) is 104 Å². The number of carbonyl (C=O) groups excluding carboxylic acids is 2. The predicted molar refractivity (Wildman–Crippen MR) is 107 cm³/mol. The minimum Gasteiger partial charge on any atom is -0.351 e. The van der Waals surface area contributed by atoms with E-state index in [1.807, 2.05) is 17.0 Å². The maximum atomic E-state index is 13.5. The predicted octanol–water partition coefficient (Wildman–Crippen LogP) is 2.32. The molecule has 2 aromatic rings. The number of hydrogen-bond donors (Lipinski definition) is 2. The summed E-state index contributed by atoms with van der Waals surface area (Å²) in [5.41, 5.74) is 0.741. The first-order chi connectivity index (χ1) is 14.0. The van der Waals surface area contributed by atoms with Gasteiger partial charge in [0.1, 0.15) is 0 Å². The lowest BCUT2D eigenvalue weighted by atomic mass is 9.69. The Labute approximate surface area is 170 Å². The number of aromatic amines is 1. The number of nitrogens with zero attached hydrogens (tertiary/aromatic N) is 4. The molecule has 0 unspecified atom stereocenters. The molecule has 29 heavy (non-hydrogen) atoms. The molecule has 8 nitrogen and oxygen atoms in total. The smallest absolute Gasteiger partial charge is 0.276 e. The van der Waals surface area contributed by atoms with Crippen LogP contribution in [0.4, 0.5) is 0 Å². The first-order valence-corrected chi connectivity index (χ1v) is 10.4. The lowest BCUT2D eigenvalue weighted by Crippen LogP contribution is -2.50. The summed E-state index contributed by atoms with van der Waals surface area (Å²) < 4.78 is 0. The highest BCUT2D eigenvalue weighted by molar-refractivity contribution is 5.94. The first kappa shape index (κ1) is 19.5. The van der Waals surface area contributed by atoms with Crippen molar-refractivity contribution in [3.8, 4) is 0 Å². The van der Waals surface area contributed by atoms with Crippen molar-refractivity contribution in [2.75, 3.05) is 0 Å². The third-order valence-corrected chi connectivity index (χ3v) is 6.40. The van der Waals surface area contributed by atoms with E-state index in [9.17, 15) is 9.59 Å². The molecule has 4 heterocycles. The van der Waals surface area contributed by atoms with Gasteiger partial charge in [-0.15, -0.1) is 0 Å². The SMILES string of the molecule is CC(C)CC[C@]1(C(=O)NCc2cccnc2)C[C@H]2CC[C@@H]1N2C(=O)c1cn[nH]n1. The molecule has 4 rings (SSSR count). The van der Waals surface area contributed by atoms with Gasteiger partial charge in [-0.3, -0.25) is 14.6 Å². The van der Waals surface area contributed by atoms with Crippen molar-refractivity contribution in [2.24, 2.45) is 11.3 Å². The van der Waals surface area contributed by atoms with E-state index < -0.39 is 5.41 Å². The van der Waals surface area contributed by atoms with Gasteiger partial charge in [-0.25, -0.2) is 0 Å². The van der Waals surface area contributed by atoms with E-state index in [0.29, 0.717) is 24.6 Å². The zero-order valence-corrected chi connectivity index (χ0v) is 17.0. The number of fused-ring (bicyclic) bond motifs is 2. The van der Waals surface area contributed by atoms with E-state index in [2.05, 4.69) is 39.6 Å². The van der Waals surface area contributed by atoms with Crippen LogP contribution in [-0.4, -0.2) is 49.2 Å². The van der Waals surface area contributed by atoms with Crippen molar-refractivity contribution in [3.05, 3.63) is 42.0 Å². The van der Waals surface area contributed by atoms with Crippen LogP contribution in [0.15, 0.2) is 30.7 Å². The molecule has 0 aromatic carbocycles. The Morgan fingerprint density at radius 3 is 2.90 bits per heavy atom. The molecule has 2 amide bonds. The van der Waals surface area contributed by atoms with Crippen molar-refractivity contribution >= 4 is 11.8 Å². The lowest BCUT2D eigenvalue weighted by molar-refractivity contribution is -0.133. The maximum Gasteiger partial charge on any atom is 0.276 e. The van der Waals surface area contributed by atoms with E-state index in [-0.39, 0.29) is 23.9 Å². The number of nitrogens with one attached hydrogen (secondary N) is 2. The molecule has 2 aliphatic heterocycles. The first-order valence-electron chi connectivity index (χ1n) is 10.4. The van der Waals surface area contributed by atoms with Crippen molar-refractivity contribution in [2.45, 2.75) is 64.6 Å². The highest BCUT2D eigenvalue weighted by Gasteiger charge is 2.60. The summed E-state index contributed by atoms with van der Waals surface area (Å²) in [7, 11) is 0. The fraction of sp³-hybridized carbons (Fsp3) is 0.571. The number of rotatable bonds is 7. The van der Waals surface area contributed by atoms with Gasteiger partial charge in [0.05, 0.1) is 11.6 Å². The Bertz CT molecular complexity index is 853. The quantitative estimate of drug-likeness (QED) is 0.747. The van der Waals surface area contributed by atoms with Crippen LogP contribution >= 0.6 is 0 Å². The molecular weight excluding hydrogens is 368 g/mol. The molecule has 0 spiro atoms. The Kier molecular flexibility index (Phi) is 5.34. The zero-order chi connectivity index (χ0) is 20.4. The van der Waals surface area contributed by atoms with Crippen molar-refractivity contribution in [1.29, 1.82) is 0 Å². The lowest BCUT2D eigenvalue weighted by Gasteiger charge is -2.36. The molecule has 2 fully saturated rings. The van der Waals surface area contributed by atoms with E-state index in [0.717, 1.165) is 31.2 Å². The van der Waals surface area contributed by atoms with Crippen LogP contribution in [0.1, 0.15) is 62.0 Å². The van der Waals surface area contributed by atoms with Crippen LogP contribution in [0.2, 0.25) is 0 Å². The summed E-state index contributed by atoms with van der Waals surface area (Å²) in [6.07, 6.45) is 9.19. The molecule has 2 saturated heterocycles. The van der Waals surface area contributed by atoms with Crippen LogP contribution in [0.25, 0.3) is 0 Å². The number of carbonyl (C=O) groups is 2. The summed E-state index contributed by atoms with van der Waals surface area (Å²) in [5, 5.41) is 13.4. The van der Waals surface area contributed by atoms with Gasteiger partial charge >= 0.3 is 0 Å². The van der Waals surface area contributed by atoms with Gasteiger partial charge in [0, 0.05) is 31.0 Å². The normalized spacial score (nSPS) is 25.6. The fourth-order valence-corrected chi connectivity index (χ4v) is 4.96. The van der Waals surface area contributed by atoms with Crippen LogP contribution in [0.3, 0.4) is 0 Å². The maximum absolute atomic E-state index is 13.5. The van der Waals surface area contributed by atoms with Crippen molar-refractivity contribution in [3.63, 3.8) is 0 Å². The van der Waals surface area contributed by atoms with Crippen LogP contribution < -0.4 is 5.32 Å². The molecular formula is C21H28N6O2. The Morgan fingerprint density at radius 1 is 1.34 bits per heavy atom. The number of aromatic nitrogens is 4. The number of H-pyrrole nitrogens is 1. The minimum atomic E-state index is -0.547. The van der Waals surface area contributed by atoms with Crippen molar-refractivity contribution < 1.29 is 9.59 Å². The summed E-state index contributed by atoms with van der Waals surface area (Å²) in [5.74, 6) is 0.418. The van der Waals surface area contributed by atoms with Gasteiger partial charge in [-0.05, 0) is 49.7 Å². The van der Waals surface area contributed by atoms with Gasteiger partial charge in [-0.1, -0.05) is 19.9 Å². The molecule has 154 valence electrons. The van der Waals surface area contributed by atoms with Crippen LogP contribution in [0, 0.1) is 11.3 Å². The second-order valence-corrected chi connectivity index (χ2v) is 8.65. The highest BCUT2D eigenvalue weighted by atomic mass is 16.2. The molecule has 2 N–H and O–H groups in total. The second kappa shape index (κ2) is 7.93. The molecule has 0 radical (unpaired) electrons. The molecule has 2 aliphatic rings. The standard InChI is InChI=1S/C21H28N6O2/c1-14(2)7-8-21(20(29)23-12-15-4-3-9-22-11-15)10-16-5-6-18(21)27(16)19(28)17-13-24-26-25-17/h3-4,9,11,13-14,16,18H,5-8,10,12H2,1-2H3,(H,23,29)(H,24,25,26)/t16-,18+,21+/m1/s1. The molecule has 2 aromatic heterocycles. The molecule has 8 heteroatoms. The number of amides is 2. The van der Waals surface area contributed by atoms with Gasteiger partial charge in [0.15, 0.2) is 5.69 Å². The van der Waals surface area contributed by atoms with Gasteiger partial charge in [0.2, 0.25) is 5.91 Å². The molecule has 0 saturated carbocycles. The highest BCUT2D eigenvalue weighted by Crippen LogP contribution is 2.53. The average Bonchev–Trinajstić information content (AvgIpc) is 3.46. The largest absolute Gasteiger partial charge is 0.351 e. The fourth-order valence-electron chi connectivity index (χ4n) is 4.96. The van der Waals surface area contributed by atoms with E-state index >= 15 is 0 Å². The minimum absolute atomic E-state index is 0.0483. The van der Waals surface area contributed by atoms with Crippen LogP contribution in [-0.2, 0) is 11.3 Å². The van der Waals surface area contributed by atoms with E-state index in [4.69, 9.17) is 0 Å². The third kappa shape index (κ3) is 3.63. The Morgan fingerprint density at radius 2 is 2.21 bits per heavy atom. The second-order valence-electron chi connectivity index (χ2n) is 8.65. The molecule has 3 atom stereocenters. The van der Waals surface area contributed by atoms with Crippen molar-refractivity contribution in [1.82, 2.24) is 30.6 Å². The summed E-state index contributed by atoms with van der Waals surface area (Å²) in [6.45, 7) is 4.80. The van der Waals surface area contributed by atoms with E-state index in [1.54, 1.807) is 12.4 Å². The Balaban J connectivity index is 1.56. The van der Waals surface area contributed by atoms with Gasteiger partial charge < -0.3 is 10.2 Å².